The fraction of sp³-hybridized carbons (Fsp3) is 0.625. The fourth-order valence-corrected chi connectivity index (χ4v) is 3.47. The largest absolute Gasteiger partial charge is 0.314 e. The molecular formula is C16H24N4O2. The highest BCUT2D eigenvalue weighted by Crippen LogP contribution is 2.28. The normalized spacial score (nSPS) is 21.8. The van der Waals surface area contributed by atoms with Gasteiger partial charge in [-0.15, -0.1) is 0 Å². The number of hydrogen-bond acceptors (Lipinski definition) is 5. The Hall–Kier alpha value is -1.50. The number of nitro benzene ring substituents is 1. The van der Waals surface area contributed by atoms with Crippen molar-refractivity contribution in [2.75, 3.05) is 45.8 Å². The van der Waals surface area contributed by atoms with Crippen LogP contribution in [0, 0.1) is 10.1 Å². The Morgan fingerprint density at radius 1 is 1.18 bits per heavy atom. The van der Waals surface area contributed by atoms with Crippen LogP contribution in [-0.2, 0) is 0 Å². The van der Waals surface area contributed by atoms with Gasteiger partial charge in [-0.1, -0.05) is 12.1 Å². The molecule has 2 heterocycles. The molecule has 2 saturated heterocycles. The monoisotopic (exact) mass is 304 g/mol. The van der Waals surface area contributed by atoms with Gasteiger partial charge in [0.2, 0.25) is 0 Å². The Bertz CT molecular complexity index is 511. The maximum atomic E-state index is 11.1. The van der Waals surface area contributed by atoms with Crippen molar-refractivity contribution in [3.63, 3.8) is 0 Å². The van der Waals surface area contributed by atoms with Crippen molar-refractivity contribution in [1.82, 2.24) is 15.1 Å². The molecule has 0 spiro atoms. The second-order valence-electron chi connectivity index (χ2n) is 6.16. The van der Waals surface area contributed by atoms with E-state index in [1.807, 2.05) is 12.1 Å². The van der Waals surface area contributed by atoms with Crippen molar-refractivity contribution in [2.45, 2.75) is 18.9 Å². The first-order chi connectivity index (χ1) is 10.7. The van der Waals surface area contributed by atoms with E-state index in [1.165, 1.54) is 12.8 Å². The highest BCUT2D eigenvalue weighted by Gasteiger charge is 2.27. The van der Waals surface area contributed by atoms with Crippen LogP contribution in [0.3, 0.4) is 0 Å². The van der Waals surface area contributed by atoms with Gasteiger partial charge in [0.1, 0.15) is 0 Å². The summed E-state index contributed by atoms with van der Waals surface area (Å²) in [5, 5.41) is 14.4. The Kier molecular flexibility index (Phi) is 5.02. The summed E-state index contributed by atoms with van der Waals surface area (Å²) in [5.41, 5.74) is 1.27. The number of nitrogens with zero attached hydrogens (tertiary/aromatic N) is 3. The molecule has 6 nitrogen and oxygen atoms in total. The number of hydrogen-bond donors (Lipinski definition) is 1. The summed E-state index contributed by atoms with van der Waals surface area (Å²) in [5.74, 6) is 0. The van der Waals surface area contributed by atoms with Crippen molar-refractivity contribution in [3.05, 3.63) is 39.9 Å². The van der Waals surface area contributed by atoms with Crippen molar-refractivity contribution in [1.29, 1.82) is 0 Å². The molecule has 0 aromatic heterocycles. The molecule has 120 valence electrons. The van der Waals surface area contributed by atoms with Crippen LogP contribution in [0.4, 0.5) is 5.69 Å². The smallest absolute Gasteiger partial charge is 0.269 e. The zero-order valence-electron chi connectivity index (χ0n) is 12.9. The first kappa shape index (κ1) is 15.4. The second-order valence-corrected chi connectivity index (χ2v) is 6.16. The molecule has 2 aliphatic rings. The van der Waals surface area contributed by atoms with E-state index >= 15 is 0 Å². The number of non-ortho nitro benzene ring substituents is 1. The molecule has 0 bridgehead atoms. The first-order valence-electron chi connectivity index (χ1n) is 8.15. The minimum absolute atomic E-state index is 0.196. The van der Waals surface area contributed by atoms with Gasteiger partial charge in [-0.3, -0.25) is 19.9 Å². The van der Waals surface area contributed by atoms with Crippen LogP contribution in [-0.4, -0.2) is 60.5 Å². The van der Waals surface area contributed by atoms with Gasteiger partial charge in [0.05, 0.1) is 4.92 Å². The third kappa shape index (κ3) is 3.63. The van der Waals surface area contributed by atoms with Crippen LogP contribution >= 0.6 is 0 Å². The summed E-state index contributed by atoms with van der Waals surface area (Å²) >= 11 is 0. The third-order valence-electron chi connectivity index (χ3n) is 4.69. The molecule has 0 radical (unpaired) electrons. The summed E-state index contributed by atoms with van der Waals surface area (Å²) in [6.07, 6.45) is 2.46. The Morgan fingerprint density at radius 3 is 2.59 bits per heavy atom. The minimum atomic E-state index is -0.296. The first-order valence-corrected chi connectivity index (χ1v) is 8.15. The topological polar surface area (TPSA) is 61.7 Å². The van der Waals surface area contributed by atoms with Crippen LogP contribution < -0.4 is 5.32 Å². The Balaban J connectivity index is 1.80. The average Bonchev–Trinajstić information content (AvgIpc) is 3.08. The summed E-state index contributed by atoms with van der Waals surface area (Å²) in [4.78, 5) is 15.7. The van der Waals surface area contributed by atoms with E-state index in [2.05, 4.69) is 15.1 Å². The van der Waals surface area contributed by atoms with E-state index in [4.69, 9.17) is 0 Å². The van der Waals surface area contributed by atoms with Crippen molar-refractivity contribution >= 4 is 5.69 Å². The van der Waals surface area contributed by atoms with Crippen LogP contribution in [0.25, 0.3) is 0 Å². The van der Waals surface area contributed by atoms with Gasteiger partial charge in [0.15, 0.2) is 0 Å². The molecule has 2 aliphatic heterocycles. The van der Waals surface area contributed by atoms with E-state index < -0.39 is 0 Å². The predicted octanol–water partition coefficient (Wildman–Crippen LogP) is 1.64. The number of piperazine rings is 1. The van der Waals surface area contributed by atoms with Crippen molar-refractivity contribution in [2.24, 2.45) is 0 Å². The number of nitro groups is 1. The van der Waals surface area contributed by atoms with Gasteiger partial charge in [-0.05, 0) is 31.5 Å². The summed E-state index contributed by atoms with van der Waals surface area (Å²) < 4.78 is 0. The van der Waals surface area contributed by atoms with Gasteiger partial charge in [-0.2, -0.15) is 0 Å². The molecule has 0 aliphatic carbocycles. The number of benzene rings is 1. The van der Waals surface area contributed by atoms with Gasteiger partial charge in [0, 0.05) is 50.9 Å². The van der Waals surface area contributed by atoms with Gasteiger partial charge < -0.3 is 5.32 Å². The van der Waals surface area contributed by atoms with Crippen LogP contribution in [0.1, 0.15) is 24.4 Å². The standard InChI is InChI=1S/C16H24N4O2/c21-20(22)15-5-3-4-14(12-15)16(19-8-1-2-9-19)13-18-10-6-17-7-11-18/h3-5,12,16-17H,1-2,6-11,13H2. The average molecular weight is 304 g/mol. The van der Waals surface area contributed by atoms with E-state index in [0.717, 1.165) is 51.4 Å². The lowest BCUT2D eigenvalue weighted by Crippen LogP contribution is -2.47. The zero-order valence-corrected chi connectivity index (χ0v) is 12.9. The number of likely N-dealkylation sites (tertiary alicyclic amines) is 1. The van der Waals surface area contributed by atoms with Gasteiger partial charge >= 0.3 is 0 Å². The summed E-state index contributed by atoms with van der Waals surface area (Å²) in [7, 11) is 0. The number of nitrogens with one attached hydrogen (secondary N) is 1. The fourth-order valence-electron chi connectivity index (χ4n) is 3.47. The SMILES string of the molecule is O=[N+]([O-])c1cccc(C(CN2CCNCC2)N2CCCC2)c1. The van der Waals surface area contributed by atoms with E-state index in [9.17, 15) is 10.1 Å². The predicted molar refractivity (Wildman–Crippen MR) is 86.0 cm³/mol. The third-order valence-corrected chi connectivity index (χ3v) is 4.69. The van der Waals surface area contributed by atoms with E-state index in [0.29, 0.717) is 0 Å². The lowest BCUT2D eigenvalue weighted by atomic mass is 10.0. The molecule has 1 unspecified atom stereocenters. The molecule has 1 aromatic rings. The van der Waals surface area contributed by atoms with Crippen LogP contribution in [0.2, 0.25) is 0 Å². The molecule has 1 N–H and O–H groups in total. The highest BCUT2D eigenvalue weighted by molar-refractivity contribution is 5.36. The van der Waals surface area contributed by atoms with E-state index in [-0.39, 0.29) is 16.7 Å². The molecule has 1 aromatic carbocycles. The number of rotatable bonds is 5. The van der Waals surface area contributed by atoms with Gasteiger partial charge in [0.25, 0.3) is 5.69 Å². The Labute approximate surface area is 131 Å². The van der Waals surface area contributed by atoms with Crippen molar-refractivity contribution in [3.8, 4) is 0 Å². The maximum absolute atomic E-state index is 11.1. The van der Waals surface area contributed by atoms with Gasteiger partial charge in [-0.25, -0.2) is 0 Å². The molecule has 0 amide bonds. The van der Waals surface area contributed by atoms with Crippen LogP contribution in [0.15, 0.2) is 24.3 Å². The molecular weight excluding hydrogens is 280 g/mol. The maximum Gasteiger partial charge on any atom is 0.269 e. The van der Waals surface area contributed by atoms with E-state index in [1.54, 1.807) is 12.1 Å². The minimum Gasteiger partial charge on any atom is -0.314 e. The molecule has 1 atom stereocenters. The highest BCUT2D eigenvalue weighted by atomic mass is 16.6. The lowest BCUT2D eigenvalue weighted by Gasteiger charge is -2.35. The quantitative estimate of drug-likeness (QED) is 0.662. The Morgan fingerprint density at radius 2 is 1.91 bits per heavy atom. The molecule has 3 rings (SSSR count). The summed E-state index contributed by atoms with van der Waals surface area (Å²) in [6, 6.07) is 7.45. The lowest BCUT2D eigenvalue weighted by molar-refractivity contribution is -0.385. The molecule has 6 heteroatoms. The van der Waals surface area contributed by atoms with Crippen LogP contribution in [0.5, 0.6) is 0 Å². The molecule has 0 saturated carbocycles. The second kappa shape index (κ2) is 7.17. The zero-order chi connectivity index (χ0) is 15.4. The van der Waals surface area contributed by atoms with Crippen molar-refractivity contribution < 1.29 is 4.92 Å². The molecule has 2 fully saturated rings. The molecule has 22 heavy (non-hydrogen) atoms. The summed E-state index contributed by atoms with van der Waals surface area (Å²) in [6.45, 7) is 7.32.